The van der Waals surface area contributed by atoms with Crippen molar-refractivity contribution in [3.8, 4) is 11.5 Å². The minimum absolute atomic E-state index is 0.0983. The summed E-state index contributed by atoms with van der Waals surface area (Å²) in [4.78, 5) is 21.8. The lowest BCUT2D eigenvalue weighted by Gasteiger charge is -2.22. The number of carbonyl (C=O) groups is 1. The van der Waals surface area contributed by atoms with E-state index in [1.807, 2.05) is 17.9 Å². The lowest BCUT2D eigenvalue weighted by atomic mass is 9.98. The maximum Gasteiger partial charge on any atom is 0.227 e. The van der Waals surface area contributed by atoms with E-state index >= 15 is 0 Å². The smallest absolute Gasteiger partial charge is 0.227 e. The van der Waals surface area contributed by atoms with Crippen LogP contribution in [-0.2, 0) is 4.79 Å². The molecule has 7 heteroatoms. The summed E-state index contributed by atoms with van der Waals surface area (Å²) in [6.45, 7) is 6.92. The lowest BCUT2D eigenvalue weighted by Crippen LogP contribution is -2.24. The Morgan fingerprint density at radius 2 is 2.00 bits per heavy atom. The molecule has 0 aliphatic carbocycles. The number of hydrogen-bond donors (Lipinski definition) is 2. The van der Waals surface area contributed by atoms with Gasteiger partial charge in [0.05, 0.1) is 11.9 Å². The highest BCUT2D eigenvalue weighted by Crippen LogP contribution is 2.38. The topological polar surface area (TPSA) is 107 Å². The molecule has 1 fully saturated rings. The zero-order valence-corrected chi connectivity index (χ0v) is 14.7. The van der Waals surface area contributed by atoms with Gasteiger partial charge >= 0.3 is 0 Å². The Labute approximate surface area is 147 Å². The Morgan fingerprint density at radius 1 is 1.24 bits per heavy atom. The van der Waals surface area contributed by atoms with Gasteiger partial charge < -0.3 is 21.1 Å². The molecular formula is C18H23N5O2. The molecule has 0 saturated carbocycles. The fourth-order valence-electron chi connectivity index (χ4n) is 3.03. The number of ether oxygens (including phenoxy) is 1. The van der Waals surface area contributed by atoms with Crippen LogP contribution in [0.3, 0.4) is 0 Å². The van der Waals surface area contributed by atoms with Crippen LogP contribution >= 0.6 is 0 Å². The van der Waals surface area contributed by atoms with E-state index in [0.29, 0.717) is 17.9 Å². The Morgan fingerprint density at radius 3 is 2.60 bits per heavy atom. The first-order chi connectivity index (χ1) is 11.9. The summed E-state index contributed by atoms with van der Waals surface area (Å²) < 4.78 is 6.00. The Hall–Kier alpha value is -2.83. The summed E-state index contributed by atoms with van der Waals surface area (Å²) in [5.74, 6) is 1.66. The number of rotatable bonds is 4. The highest BCUT2D eigenvalue weighted by Gasteiger charge is 2.25. The van der Waals surface area contributed by atoms with Crippen molar-refractivity contribution >= 4 is 23.4 Å². The Kier molecular flexibility index (Phi) is 4.48. The number of aromatic nitrogens is 2. The number of nitrogens with zero attached hydrogens (tertiary/aromatic N) is 3. The fourth-order valence-corrected chi connectivity index (χ4v) is 3.03. The van der Waals surface area contributed by atoms with Crippen molar-refractivity contribution in [3.63, 3.8) is 0 Å². The lowest BCUT2D eigenvalue weighted by molar-refractivity contribution is -0.117. The molecule has 0 radical (unpaired) electrons. The van der Waals surface area contributed by atoms with Crippen LogP contribution in [0.15, 0.2) is 18.3 Å². The van der Waals surface area contributed by atoms with E-state index in [-0.39, 0.29) is 23.6 Å². The number of aryl methyl sites for hydroxylation is 1. The number of anilines is 3. The second-order valence-electron chi connectivity index (χ2n) is 6.56. The van der Waals surface area contributed by atoms with E-state index < -0.39 is 0 Å². The summed E-state index contributed by atoms with van der Waals surface area (Å²) >= 11 is 0. The molecule has 1 amide bonds. The van der Waals surface area contributed by atoms with Gasteiger partial charge in [-0.3, -0.25) is 4.79 Å². The van der Waals surface area contributed by atoms with Gasteiger partial charge in [0.15, 0.2) is 11.6 Å². The predicted octanol–water partition coefficient (Wildman–Crippen LogP) is 2.99. The molecule has 7 nitrogen and oxygen atoms in total. The first kappa shape index (κ1) is 17.0. The molecule has 132 valence electrons. The zero-order chi connectivity index (χ0) is 18.1. The number of hydrogen-bond acceptors (Lipinski definition) is 6. The molecule has 0 bridgehead atoms. The van der Waals surface area contributed by atoms with Crippen molar-refractivity contribution in [3.05, 3.63) is 29.5 Å². The molecule has 2 aromatic rings. The second kappa shape index (κ2) is 6.58. The maximum absolute atomic E-state index is 12.1. The minimum Gasteiger partial charge on any atom is -0.451 e. The van der Waals surface area contributed by atoms with Gasteiger partial charge in [0.2, 0.25) is 11.9 Å². The molecule has 0 atom stereocenters. The average Bonchev–Trinajstić information content (AvgIpc) is 2.97. The third-order valence-corrected chi connectivity index (χ3v) is 4.34. The summed E-state index contributed by atoms with van der Waals surface area (Å²) in [6.07, 6.45) is 2.92. The van der Waals surface area contributed by atoms with E-state index in [0.717, 1.165) is 29.8 Å². The van der Waals surface area contributed by atoms with Gasteiger partial charge in [0.25, 0.3) is 0 Å². The molecule has 2 heterocycles. The third-order valence-electron chi connectivity index (χ3n) is 4.34. The van der Waals surface area contributed by atoms with Crippen molar-refractivity contribution in [2.24, 2.45) is 0 Å². The van der Waals surface area contributed by atoms with Crippen molar-refractivity contribution in [1.29, 1.82) is 0 Å². The average molecular weight is 341 g/mol. The summed E-state index contributed by atoms with van der Waals surface area (Å²) in [5, 5.41) is 0. The van der Waals surface area contributed by atoms with Crippen molar-refractivity contribution < 1.29 is 9.53 Å². The number of benzene rings is 1. The summed E-state index contributed by atoms with van der Waals surface area (Å²) in [7, 11) is 0. The largest absolute Gasteiger partial charge is 0.451 e. The molecule has 1 aliphatic rings. The van der Waals surface area contributed by atoms with E-state index in [4.69, 9.17) is 16.2 Å². The molecule has 1 saturated heterocycles. The fraction of sp³-hybridized carbons (Fsp3) is 0.389. The van der Waals surface area contributed by atoms with Crippen molar-refractivity contribution in [1.82, 2.24) is 9.97 Å². The molecular weight excluding hydrogens is 318 g/mol. The van der Waals surface area contributed by atoms with Crippen molar-refractivity contribution in [2.45, 2.75) is 39.5 Å². The van der Waals surface area contributed by atoms with Crippen LogP contribution in [0.4, 0.5) is 17.5 Å². The Balaban J connectivity index is 2.05. The monoisotopic (exact) mass is 341 g/mol. The van der Waals surface area contributed by atoms with E-state index in [2.05, 4.69) is 29.9 Å². The van der Waals surface area contributed by atoms with E-state index in [1.165, 1.54) is 6.20 Å². The molecule has 4 N–H and O–H groups in total. The molecule has 0 spiro atoms. The number of nitrogens with two attached hydrogens (primary N) is 2. The van der Waals surface area contributed by atoms with Crippen LogP contribution in [0.5, 0.6) is 11.5 Å². The molecule has 1 aromatic carbocycles. The molecule has 1 aromatic heterocycles. The molecule has 25 heavy (non-hydrogen) atoms. The summed E-state index contributed by atoms with van der Waals surface area (Å²) in [5.41, 5.74) is 14.4. The first-order valence-electron chi connectivity index (χ1n) is 8.37. The van der Waals surface area contributed by atoms with Crippen molar-refractivity contribution in [2.75, 3.05) is 22.9 Å². The van der Waals surface area contributed by atoms with Crippen LogP contribution in [0.1, 0.15) is 43.7 Å². The quantitative estimate of drug-likeness (QED) is 0.885. The van der Waals surface area contributed by atoms with E-state index in [9.17, 15) is 4.79 Å². The highest BCUT2D eigenvalue weighted by atomic mass is 16.5. The maximum atomic E-state index is 12.1. The first-order valence-corrected chi connectivity index (χ1v) is 8.37. The van der Waals surface area contributed by atoms with E-state index in [1.54, 1.807) is 0 Å². The van der Waals surface area contributed by atoms with Gasteiger partial charge in [-0.05, 0) is 30.4 Å². The predicted molar refractivity (Wildman–Crippen MR) is 97.8 cm³/mol. The van der Waals surface area contributed by atoms with Gasteiger partial charge in [-0.1, -0.05) is 19.9 Å². The SMILES string of the molecule is Cc1cc(C(C)C)c(Oc2cnc(N)nc2N)cc1N1CCCC1=O. The number of carbonyl (C=O) groups excluding carboxylic acids is 1. The number of nitrogen functional groups attached to an aromatic ring is 2. The van der Waals surface area contributed by atoms with Crippen LogP contribution in [0.2, 0.25) is 0 Å². The molecule has 3 rings (SSSR count). The van der Waals surface area contributed by atoms with Crippen LogP contribution in [0, 0.1) is 6.92 Å². The molecule has 1 aliphatic heterocycles. The van der Waals surface area contributed by atoms with Crippen LogP contribution in [0.25, 0.3) is 0 Å². The molecule has 0 unspecified atom stereocenters. The van der Waals surface area contributed by atoms with Gasteiger partial charge in [-0.25, -0.2) is 4.98 Å². The van der Waals surface area contributed by atoms with Crippen LogP contribution < -0.4 is 21.1 Å². The van der Waals surface area contributed by atoms with Gasteiger partial charge in [-0.2, -0.15) is 4.98 Å². The van der Waals surface area contributed by atoms with Crippen LogP contribution in [-0.4, -0.2) is 22.4 Å². The minimum atomic E-state index is 0.0983. The van der Waals surface area contributed by atoms with Gasteiger partial charge in [0.1, 0.15) is 5.75 Å². The van der Waals surface area contributed by atoms with Gasteiger partial charge in [0, 0.05) is 19.0 Å². The normalized spacial score (nSPS) is 14.4. The third kappa shape index (κ3) is 3.35. The second-order valence-corrected chi connectivity index (χ2v) is 6.56. The summed E-state index contributed by atoms with van der Waals surface area (Å²) in [6, 6.07) is 3.97. The Bertz CT molecular complexity index is 819. The number of amides is 1. The zero-order valence-electron chi connectivity index (χ0n) is 14.7. The van der Waals surface area contributed by atoms with Gasteiger partial charge in [-0.15, -0.1) is 0 Å². The highest BCUT2D eigenvalue weighted by molar-refractivity contribution is 5.96. The standard InChI is InChI=1S/C18H23N5O2/c1-10(2)12-7-11(3)13(23-6-4-5-16(23)24)8-14(12)25-15-9-21-18(20)22-17(15)19/h7-10H,4-6H2,1-3H3,(H4,19,20,21,22).